The predicted molar refractivity (Wildman–Crippen MR) is 102 cm³/mol. The van der Waals surface area contributed by atoms with E-state index in [1.54, 1.807) is 25.1 Å². The lowest BCUT2D eigenvalue weighted by Crippen LogP contribution is -2.33. The first kappa shape index (κ1) is 20.0. The van der Waals surface area contributed by atoms with Crippen molar-refractivity contribution in [3.63, 3.8) is 0 Å². The van der Waals surface area contributed by atoms with Gasteiger partial charge in [-0.05, 0) is 82.1 Å². The molecular weight excluding hydrogens is 333 g/mol. The fourth-order valence-electron chi connectivity index (χ4n) is 2.83. The fraction of sp³-hybridized carbons (Fsp3) is 0.450. The number of carbonyl (C=O) groups excluding carboxylic acids is 1. The van der Waals surface area contributed by atoms with E-state index in [2.05, 4.69) is 17.3 Å². The first-order chi connectivity index (χ1) is 12.3. The number of carbonyl (C=O) groups is 1. The van der Waals surface area contributed by atoms with Crippen LogP contribution in [0.25, 0.3) is 5.57 Å². The molecule has 0 unspecified atom stereocenters. The van der Waals surface area contributed by atoms with Gasteiger partial charge in [-0.2, -0.15) is 0 Å². The molecule has 1 aliphatic heterocycles. The summed E-state index contributed by atoms with van der Waals surface area (Å²) in [6.07, 6.45) is 3.32. The molecular formula is C20H28FN3O2. The summed E-state index contributed by atoms with van der Waals surface area (Å²) in [5, 5.41) is 2.71. The number of amides is 1. The average molecular weight is 361 g/mol. The third kappa shape index (κ3) is 6.19. The van der Waals surface area contributed by atoms with E-state index in [0.29, 0.717) is 23.9 Å². The van der Waals surface area contributed by atoms with Crippen LogP contribution in [0.5, 0.6) is 0 Å². The Balaban J connectivity index is 1.93. The Hall–Kier alpha value is -2.34. The number of benzene rings is 1. The van der Waals surface area contributed by atoms with Gasteiger partial charge in [-0.3, -0.25) is 5.32 Å². The molecule has 0 atom stereocenters. The van der Waals surface area contributed by atoms with Crippen LogP contribution in [0.2, 0.25) is 0 Å². The molecule has 1 aliphatic rings. The minimum atomic E-state index is -0.508. The number of nitrogens with one attached hydrogen (secondary N) is 1. The minimum Gasteiger partial charge on any atom is -0.449 e. The van der Waals surface area contributed by atoms with Crippen molar-refractivity contribution in [2.45, 2.75) is 26.7 Å². The van der Waals surface area contributed by atoms with Gasteiger partial charge >= 0.3 is 6.09 Å². The molecule has 1 aromatic carbocycles. The molecule has 0 spiro atoms. The smallest absolute Gasteiger partial charge is 0.411 e. The van der Waals surface area contributed by atoms with E-state index >= 15 is 0 Å². The first-order valence-corrected chi connectivity index (χ1v) is 8.88. The number of allylic oxidation sites excluding steroid dienone is 3. The van der Waals surface area contributed by atoms with Gasteiger partial charge in [0.1, 0.15) is 5.82 Å². The van der Waals surface area contributed by atoms with Crippen molar-refractivity contribution in [1.82, 2.24) is 10.2 Å². The molecule has 0 bridgehead atoms. The van der Waals surface area contributed by atoms with E-state index in [1.165, 1.54) is 12.1 Å². The van der Waals surface area contributed by atoms with Crippen molar-refractivity contribution in [2.75, 3.05) is 26.7 Å². The Labute approximate surface area is 154 Å². The van der Waals surface area contributed by atoms with Crippen molar-refractivity contribution in [2.24, 2.45) is 11.7 Å². The molecule has 142 valence electrons. The third-order valence-electron chi connectivity index (χ3n) is 4.61. The topological polar surface area (TPSA) is 67.6 Å². The maximum absolute atomic E-state index is 13.0. The molecule has 1 amide bonds. The van der Waals surface area contributed by atoms with Crippen LogP contribution in [0.3, 0.4) is 0 Å². The zero-order valence-electron chi connectivity index (χ0n) is 15.7. The summed E-state index contributed by atoms with van der Waals surface area (Å²) in [6, 6.07) is 6.16. The van der Waals surface area contributed by atoms with Crippen molar-refractivity contribution in [1.29, 1.82) is 0 Å². The largest absolute Gasteiger partial charge is 0.449 e. The van der Waals surface area contributed by atoms with Crippen LogP contribution in [0.1, 0.15) is 32.3 Å². The molecule has 1 saturated heterocycles. The number of nitrogens with two attached hydrogens (primary N) is 1. The minimum absolute atomic E-state index is 0.289. The molecule has 1 aromatic rings. The lowest BCUT2D eigenvalue weighted by atomic mass is 9.98. The zero-order valence-corrected chi connectivity index (χ0v) is 15.7. The van der Waals surface area contributed by atoms with Gasteiger partial charge in [-0.15, -0.1) is 0 Å². The molecule has 26 heavy (non-hydrogen) atoms. The number of alkyl carbamates (subject to hydrolysis) is 1. The number of nitrogens with zero attached hydrogens (tertiary/aromatic N) is 1. The van der Waals surface area contributed by atoms with Gasteiger partial charge in [0.05, 0.1) is 12.3 Å². The Morgan fingerprint density at radius 3 is 2.50 bits per heavy atom. The highest BCUT2D eigenvalue weighted by molar-refractivity contribution is 5.73. The molecule has 5 nitrogen and oxygen atoms in total. The Morgan fingerprint density at radius 1 is 1.31 bits per heavy atom. The number of ether oxygens (including phenoxy) is 1. The highest BCUT2D eigenvalue weighted by Gasteiger charge is 2.18. The number of hydrogen-bond donors (Lipinski definition) is 2. The number of hydrogen-bond acceptors (Lipinski definition) is 4. The van der Waals surface area contributed by atoms with E-state index in [1.807, 2.05) is 6.92 Å². The number of rotatable bonds is 5. The summed E-state index contributed by atoms with van der Waals surface area (Å²) in [7, 11) is 2.10. The van der Waals surface area contributed by atoms with E-state index in [-0.39, 0.29) is 5.82 Å². The van der Waals surface area contributed by atoms with Crippen LogP contribution in [0, 0.1) is 11.7 Å². The number of piperidine rings is 1. The molecule has 1 heterocycles. The van der Waals surface area contributed by atoms with Crippen LogP contribution < -0.4 is 11.1 Å². The summed E-state index contributed by atoms with van der Waals surface area (Å²) in [5.41, 5.74) is 8.56. The molecule has 0 aliphatic carbocycles. The predicted octanol–water partition coefficient (Wildman–Crippen LogP) is 3.49. The van der Waals surface area contributed by atoms with E-state index in [0.717, 1.165) is 37.1 Å². The summed E-state index contributed by atoms with van der Waals surface area (Å²) >= 11 is 0. The second kappa shape index (κ2) is 9.38. The van der Waals surface area contributed by atoms with E-state index in [4.69, 9.17) is 10.5 Å². The van der Waals surface area contributed by atoms with E-state index < -0.39 is 6.09 Å². The Morgan fingerprint density at radius 2 is 1.92 bits per heavy atom. The van der Waals surface area contributed by atoms with E-state index in [9.17, 15) is 9.18 Å². The quantitative estimate of drug-likeness (QED) is 0.788. The highest BCUT2D eigenvalue weighted by Crippen LogP contribution is 2.18. The van der Waals surface area contributed by atoms with Gasteiger partial charge in [0.25, 0.3) is 0 Å². The lowest BCUT2D eigenvalue weighted by Gasteiger charge is -2.28. The zero-order chi connectivity index (χ0) is 19.1. The van der Waals surface area contributed by atoms with Crippen molar-refractivity contribution in [3.05, 3.63) is 53.1 Å². The van der Waals surface area contributed by atoms with Gasteiger partial charge in [0.2, 0.25) is 0 Å². The van der Waals surface area contributed by atoms with Gasteiger partial charge in [0, 0.05) is 5.70 Å². The summed E-state index contributed by atoms with van der Waals surface area (Å²) in [4.78, 5) is 14.4. The normalized spacial score (nSPS) is 17.6. The Kier molecular flexibility index (Phi) is 7.21. The maximum Gasteiger partial charge on any atom is 0.411 e. The van der Waals surface area contributed by atoms with Crippen LogP contribution >= 0.6 is 0 Å². The monoisotopic (exact) mass is 361 g/mol. The number of halogens is 1. The average Bonchev–Trinajstić information content (AvgIpc) is 2.61. The fourth-order valence-corrected chi connectivity index (χ4v) is 2.83. The first-order valence-electron chi connectivity index (χ1n) is 8.88. The summed E-state index contributed by atoms with van der Waals surface area (Å²) in [5.74, 6) is 0.114. The molecule has 0 radical (unpaired) electrons. The van der Waals surface area contributed by atoms with Gasteiger partial charge in [0.15, 0.2) is 0 Å². The lowest BCUT2D eigenvalue weighted by molar-refractivity contribution is 0.105. The molecule has 0 aromatic heterocycles. The van der Waals surface area contributed by atoms with Crippen LogP contribution in [0.4, 0.5) is 9.18 Å². The summed E-state index contributed by atoms with van der Waals surface area (Å²) in [6.45, 7) is 6.06. The highest BCUT2D eigenvalue weighted by atomic mass is 19.1. The molecule has 6 heteroatoms. The second-order valence-corrected chi connectivity index (χ2v) is 6.90. The third-order valence-corrected chi connectivity index (χ3v) is 4.61. The molecule has 2 rings (SSSR count). The summed E-state index contributed by atoms with van der Waals surface area (Å²) < 4.78 is 18.4. The Bertz CT molecular complexity index is 671. The number of likely N-dealkylation sites (tertiary alicyclic amines) is 1. The van der Waals surface area contributed by atoms with Crippen LogP contribution in [-0.2, 0) is 4.74 Å². The standard InChI is InChI=1S/C20H28FN3O2/c1-14(17-4-6-18(21)7-5-17)12-19(15(2)22)23-20(25)26-13-16-8-10-24(3)11-9-16/h4-7,12,16H,8-11,13,22H2,1-3H3,(H,23,25)/b14-12+,19-15-. The van der Waals surface area contributed by atoms with Gasteiger partial charge < -0.3 is 15.4 Å². The van der Waals surface area contributed by atoms with Gasteiger partial charge in [-0.25, -0.2) is 9.18 Å². The van der Waals surface area contributed by atoms with Crippen LogP contribution in [0.15, 0.2) is 41.7 Å². The SMILES string of the molecule is C/C(N)=C(\C=C(/C)c1ccc(F)cc1)NC(=O)OCC1CCN(C)CC1. The van der Waals surface area contributed by atoms with Crippen molar-refractivity contribution >= 4 is 11.7 Å². The van der Waals surface area contributed by atoms with Gasteiger partial charge in [-0.1, -0.05) is 12.1 Å². The molecule has 0 saturated carbocycles. The van der Waals surface area contributed by atoms with Crippen LogP contribution in [-0.4, -0.2) is 37.7 Å². The molecule has 3 N–H and O–H groups in total. The maximum atomic E-state index is 13.0. The molecule has 1 fully saturated rings. The second-order valence-electron chi connectivity index (χ2n) is 6.90. The van der Waals surface area contributed by atoms with Crippen molar-refractivity contribution in [3.8, 4) is 0 Å². The van der Waals surface area contributed by atoms with Crippen molar-refractivity contribution < 1.29 is 13.9 Å².